The summed E-state index contributed by atoms with van der Waals surface area (Å²) in [7, 11) is 1.45. The molecule has 1 aromatic carbocycles. The van der Waals surface area contributed by atoms with E-state index in [0.29, 0.717) is 22.1 Å². The molecule has 0 aliphatic heterocycles. The number of carbonyl (C=O) groups is 1. The molecule has 4 rings (SSSR count). The summed E-state index contributed by atoms with van der Waals surface area (Å²) in [5, 5.41) is 0.440. The summed E-state index contributed by atoms with van der Waals surface area (Å²) in [5.74, 6) is -0.951. The quantitative estimate of drug-likeness (QED) is 0.525. The second kappa shape index (κ2) is 6.57. The number of nitrogens with one attached hydrogen (secondary N) is 2. The number of fused-ring (bicyclic) bond motifs is 3. The van der Waals surface area contributed by atoms with Crippen LogP contribution in [-0.2, 0) is 11.3 Å². The maximum Gasteiger partial charge on any atom is 0.272 e. The fourth-order valence-electron chi connectivity index (χ4n) is 2.90. The Hall–Kier alpha value is -3.10. The van der Waals surface area contributed by atoms with Gasteiger partial charge in [-0.1, -0.05) is 11.6 Å². The molecule has 0 fully saturated rings. The minimum atomic E-state index is -0.536. The number of pyridine rings is 1. The van der Waals surface area contributed by atoms with Crippen LogP contribution in [0.3, 0.4) is 0 Å². The molecule has 0 bridgehead atoms. The number of aromatic nitrogens is 4. The van der Waals surface area contributed by atoms with Crippen molar-refractivity contribution in [2.24, 2.45) is 0 Å². The molecule has 0 radical (unpaired) electrons. The van der Waals surface area contributed by atoms with Crippen molar-refractivity contribution in [2.75, 3.05) is 7.11 Å². The van der Waals surface area contributed by atoms with Crippen molar-refractivity contribution in [3.05, 3.63) is 68.6 Å². The van der Waals surface area contributed by atoms with Crippen LogP contribution in [0.4, 0.5) is 4.39 Å². The van der Waals surface area contributed by atoms with Crippen molar-refractivity contribution >= 4 is 39.5 Å². The summed E-state index contributed by atoms with van der Waals surface area (Å²) in [6.07, 6.45) is 2.94. The van der Waals surface area contributed by atoms with E-state index < -0.39 is 17.2 Å². The maximum atomic E-state index is 13.3. The van der Waals surface area contributed by atoms with Crippen molar-refractivity contribution in [1.29, 1.82) is 0 Å². The molecule has 3 heterocycles. The summed E-state index contributed by atoms with van der Waals surface area (Å²) in [6, 6.07) is 3.56. The minimum Gasteiger partial charge on any atom is -0.378 e. The molecule has 0 aliphatic rings. The Balaban J connectivity index is 1.98. The number of nitrogens with zero attached hydrogens (tertiary/aromatic N) is 2. The van der Waals surface area contributed by atoms with E-state index in [4.69, 9.17) is 16.3 Å². The number of H-pyrrole nitrogens is 2. The van der Waals surface area contributed by atoms with Crippen LogP contribution in [0.2, 0.25) is 5.02 Å². The SMILES string of the molecule is COCc1nc2c(cnc3[nH]cc(C(=O)c4ccc(F)cc4Cl)c32)[nH]c1=O. The smallest absolute Gasteiger partial charge is 0.272 e. The fourth-order valence-corrected chi connectivity index (χ4v) is 3.15. The van der Waals surface area contributed by atoms with Crippen molar-refractivity contribution < 1.29 is 13.9 Å². The summed E-state index contributed by atoms with van der Waals surface area (Å²) in [4.78, 5) is 39.2. The van der Waals surface area contributed by atoms with E-state index in [0.717, 1.165) is 12.1 Å². The van der Waals surface area contributed by atoms with Gasteiger partial charge in [0.05, 0.1) is 34.3 Å². The number of ether oxygens (including phenoxy) is 1. The van der Waals surface area contributed by atoms with Gasteiger partial charge >= 0.3 is 0 Å². The van der Waals surface area contributed by atoms with Gasteiger partial charge < -0.3 is 14.7 Å². The van der Waals surface area contributed by atoms with Gasteiger partial charge in [-0.3, -0.25) is 9.59 Å². The van der Waals surface area contributed by atoms with Crippen LogP contribution in [0.1, 0.15) is 21.6 Å². The molecule has 136 valence electrons. The first kappa shape index (κ1) is 17.3. The summed E-state index contributed by atoms with van der Waals surface area (Å²) in [6.45, 7) is 0.0204. The summed E-state index contributed by atoms with van der Waals surface area (Å²) >= 11 is 6.03. The van der Waals surface area contributed by atoms with Gasteiger partial charge in [0.25, 0.3) is 5.56 Å². The molecule has 0 atom stereocenters. The molecule has 3 aromatic heterocycles. The third kappa shape index (κ3) is 2.88. The van der Waals surface area contributed by atoms with E-state index in [9.17, 15) is 14.0 Å². The van der Waals surface area contributed by atoms with Crippen molar-refractivity contribution in [3.8, 4) is 0 Å². The standard InChI is InChI=1S/C18H12ClFN4O3/c1-27-7-13-18(26)24-12-6-22-17-14(15(12)23-13)10(5-21-17)16(25)9-3-2-8(20)4-11(9)19/h2-6H,7H2,1H3,(H,21,22)(H,24,26). The fraction of sp³-hybridized carbons (Fsp3) is 0.111. The van der Waals surface area contributed by atoms with Crippen LogP contribution >= 0.6 is 11.6 Å². The van der Waals surface area contributed by atoms with E-state index >= 15 is 0 Å². The van der Waals surface area contributed by atoms with Gasteiger partial charge in [-0.25, -0.2) is 14.4 Å². The number of benzene rings is 1. The van der Waals surface area contributed by atoms with Crippen LogP contribution in [0, 0.1) is 5.82 Å². The highest BCUT2D eigenvalue weighted by Crippen LogP contribution is 2.28. The molecule has 0 spiro atoms. The highest BCUT2D eigenvalue weighted by atomic mass is 35.5. The Bertz CT molecular complexity index is 1260. The number of halogens is 2. The second-order valence-electron chi connectivity index (χ2n) is 5.85. The Morgan fingerprint density at radius 3 is 2.89 bits per heavy atom. The average Bonchev–Trinajstić information content (AvgIpc) is 3.06. The number of methoxy groups -OCH3 is 1. The lowest BCUT2D eigenvalue weighted by Gasteiger charge is -2.06. The monoisotopic (exact) mass is 386 g/mol. The largest absolute Gasteiger partial charge is 0.378 e. The first-order valence-corrected chi connectivity index (χ1v) is 8.25. The van der Waals surface area contributed by atoms with E-state index in [2.05, 4.69) is 19.9 Å². The normalized spacial score (nSPS) is 11.4. The van der Waals surface area contributed by atoms with E-state index in [1.165, 1.54) is 25.6 Å². The Labute approximate surface area is 156 Å². The zero-order chi connectivity index (χ0) is 19.1. The lowest BCUT2D eigenvalue weighted by atomic mass is 10.0. The number of ketones is 1. The van der Waals surface area contributed by atoms with Gasteiger partial charge in [-0.05, 0) is 18.2 Å². The zero-order valence-corrected chi connectivity index (χ0v) is 14.7. The molecule has 4 aromatic rings. The Kier molecular flexibility index (Phi) is 4.21. The summed E-state index contributed by atoms with van der Waals surface area (Å²) in [5.41, 5.74) is 1.40. The molecule has 7 nitrogen and oxygen atoms in total. The molecule has 27 heavy (non-hydrogen) atoms. The molecule has 0 saturated carbocycles. The number of hydrogen-bond acceptors (Lipinski definition) is 5. The van der Waals surface area contributed by atoms with Crippen LogP contribution in [0.25, 0.3) is 22.1 Å². The number of carbonyl (C=O) groups excluding carboxylic acids is 1. The highest BCUT2D eigenvalue weighted by molar-refractivity contribution is 6.35. The van der Waals surface area contributed by atoms with Crippen molar-refractivity contribution in [3.63, 3.8) is 0 Å². The number of hydrogen-bond donors (Lipinski definition) is 2. The van der Waals surface area contributed by atoms with Crippen LogP contribution in [-0.4, -0.2) is 32.8 Å². The predicted octanol–water partition coefficient (Wildman–Crippen LogP) is 2.97. The van der Waals surface area contributed by atoms with Gasteiger partial charge in [0.1, 0.15) is 22.7 Å². The van der Waals surface area contributed by atoms with Crippen LogP contribution in [0.15, 0.2) is 35.4 Å². The molecular formula is C18H12ClFN4O3. The lowest BCUT2D eigenvalue weighted by Crippen LogP contribution is -2.16. The highest BCUT2D eigenvalue weighted by Gasteiger charge is 2.21. The van der Waals surface area contributed by atoms with E-state index in [-0.39, 0.29) is 28.5 Å². The molecule has 9 heteroatoms. The van der Waals surface area contributed by atoms with Crippen molar-refractivity contribution in [2.45, 2.75) is 6.61 Å². The predicted molar refractivity (Wildman–Crippen MR) is 97.6 cm³/mol. The van der Waals surface area contributed by atoms with Gasteiger partial charge in [0.15, 0.2) is 5.78 Å². The molecular weight excluding hydrogens is 375 g/mol. The maximum absolute atomic E-state index is 13.3. The molecule has 0 saturated heterocycles. The Morgan fingerprint density at radius 2 is 2.15 bits per heavy atom. The van der Waals surface area contributed by atoms with Gasteiger partial charge in [-0.2, -0.15) is 0 Å². The summed E-state index contributed by atoms with van der Waals surface area (Å²) < 4.78 is 18.3. The average molecular weight is 387 g/mol. The number of rotatable bonds is 4. The third-order valence-electron chi connectivity index (χ3n) is 4.13. The van der Waals surface area contributed by atoms with Gasteiger partial charge in [0, 0.05) is 18.9 Å². The Morgan fingerprint density at radius 1 is 1.33 bits per heavy atom. The van der Waals surface area contributed by atoms with Crippen LogP contribution in [0.5, 0.6) is 0 Å². The van der Waals surface area contributed by atoms with E-state index in [1.54, 1.807) is 0 Å². The van der Waals surface area contributed by atoms with Gasteiger partial charge in [0.2, 0.25) is 0 Å². The zero-order valence-electron chi connectivity index (χ0n) is 14.0. The molecule has 0 amide bonds. The molecule has 0 aliphatic carbocycles. The van der Waals surface area contributed by atoms with Crippen molar-refractivity contribution in [1.82, 2.24) is 19.9 Å². The first-order valence-electron chi connectivity index (χ1n) is 7.87. The third-order valence-corrected chi connectivity index (χ3v) is 4.45. The topological polar surface area (TPSA) is 101 Å². The lowest BCUT2D eigenvalue weighted by molar-refractivity contribution is 0.104. The minimum absolute atomic E-state index is 0.00369. The molecule has 0 unspecified atom stereocenters. The second-order valence-corrected chi connectivity index (χ2v) is 6.25. The molecule has 2 N–H and O–H groups in total. The van der Waals surface area contributed by atoms with E-state index in [1.807, 2.05) is 0 Å². The number of aromatic amines is 2. The first-order chi connectivity index (χ1) is 13.0. The van der Waals surface area contributed by atoms with Gasteiger partial charge in [-0.15, -0.1) is 0 Å². The van der Waals surface area contributed by atoms with Crippen LogP contribution < -0.4 is 5.56 Å².